The molecule has 3 rings (SSSR count). The van der Waals surface area contributed by atoms with Gasteiger partial charge in [-0.1, -0.05) is 12.1 Å². The van der Waals surface area contributed by atoms with Crippen LogP contribution in [0.25, 0.3) is 11.3 Å². The molecule has 0 atom stereocenters. The van der Waals surface area contributed by atoms with Gasteiger partial charge in [0.15, 0.2) is 5.76 Å². The molecule has 0 spiro atoms. The first-order valence-corrected chi connectivity index (χ1v) is 8.83. The van der Waals surface area contributed by atoms with Crippen molar-refractivity contribution in [2.75, 3.05) is 11.9 Å². The molecule has 1 amide bonds. The van der Waals surface area contributed by atoms with Crippen molar-refractivity contribution in [2.45, 2.75) is 13.8 Å². The molecule has 0 saturated carbocycles. The van der Waals surface area contributed by atoms with Gasteiger partial charge < -0.3 is 14.5 Å². The van der Waals surface area contributed by atoms with E-state index in [1.807, 2.05) is 0 Å². The van der Waals surface area contributed by atoms with Crippen LogP contribution in [0.3, 0.4) is 0 Å². The number of amides is 1. The van der Waals surface area contributed by atoms with Gasteiger partial charge in [-0.05, 0) is 55.8 Å². The molecule has 0 unspecified atom stereocenters. The Bertz CT molecular complexity index is 1090. The molecule has 8 nitrogen and oxygen atoms in total. The van der Waals surface area contributed by atoms with Crippen molar-refractivity contribution in [3.8, 4) is 11.3 Å². The van der Waals surface area contributed by atoms with Crippen molar-refractivity contribution in [3.63, 3.8) is 0 Å². The van der Waals surface area contributed by atoms with Crippen molar-refractivity contribution in [2.24, 2.45) is 0 Å². The van der Waals surface area contributed by atoms with Gasteiger partial charge in [-0.15, -0.1) is 0 Å². The second-order valence-corrected chi connectivity index (χ2v) is 6.20. The SMILES string of the molecule is CCOC(=O)c1cccc(NC(=O)c2ccc(-c3ccc(C)cc3[N+](=O)[O-])o2)c1. The molecular formula is C21H18N2O6. The number of carbonyl (C=O) groups is 2. The number of carbonyl (C=O) groups excluding carboxylic acids is 2. The number of aryl methyl sites for hydroxylation is 1. The molecule has 0 fully saturated rings. The van der Waals surface area contributed by atoms with Crippen LogP contribution in [0.2, 0.25) is 0 Å². The van der Waals surface area contributed by atoms with Crippen molar-refractivity contribution in [1.29, 1.82) is 0 Å². The zero-order valence-corrected chi connectivity index (χ0v) is 15.8. The van der Waals surface area contributed by atoms with Crippen LogP contribution >= 0.6 is 0 Å². The van der Waals surface area contributed by atoms with Crippen molar-refractivity contribution < 1.29 is 23.7 Å². The number of ether oxygens (including phenoxy) is 1. The second-order valence-electron chi connectivity index (χ2n) is 6.20. The molecule has 1 heterocycles. The highest BCUT2D eigenvalue weighted by atomic mass is 16.6. The van der Waals surface area contributed by atoms with E-state index in [0.29, 0.717) is 11.3 Å². The monoisotopic (exact) mass is 394 g/mol. The summed E-state index contributed by atoms with van der Waals surface area (Å²) in [5, 5.41) is 13.9. The Labute approximate surface area is 166 Å². The van der Waals surface area contributed by atoms with Crippen LogP contribution in [0.15, 0.2) is 59.0 Å². The van der Waals surface area contributed by atoms with E-state index >= 15 is 0 Å². The van der Waals surface area contributed by atoms with E-state index < -0.39 is 16.8 Å². The molecule has 0 radical (unpaired) electrons. The van der Waals surface area contributed by atoms with E-state index in [-0.39, 0.29) is 29.4 Å². The van der Waals surface area contributed by atoms with Crippen LogP contribution in [0, 0.1) is 17.0 Å². The Kier molecular flexibility index (Phi) is 5.73. The van der Waals surface area contributed by atoms with E-state index in [9.17, 15) is 19.7 Å². The lowest BCUT2D eigenvalue weighted by molar-refractivity contribution is -0.384. The van der Waals surface area contributed by atoms with Gasteiger partial charge in [-0.3, -0.25) is 14.9 Å². The summed E-state index contributed by atoms with van der Waals surface area (Å²) in [6.07, 6.45) is 0. The number of anilines is 1. The maximum Gasteiger partial charge on any atom is 0.338 e. The number of rotatable bonds is 6. The molecular weight excluding hydrogens is 376 g/mol. The van der Waals surface area contributed by atoms with E-state index in [2.05, 4.69) is 5.32 Å². The minimum atomic E-state index is -0.549. The fourth-order valence-corrected chi connectivity index (χ4v) is 2.74. The fraction of sp³-hybridized carbons (Fsp3) is 0.143. The predicted molar refractivity (Wildman–Crippen MR) is 106 cm³/mol. The third kappa shape index (κ3) is 4.49. The molecule has 0 saturated heterocycles. The van der Waals surface area contributed by atoms with Gasteiger partial charge in [0.05, 0.1) is 22.7 Å². The molecule has 148 valence electrons. The lowest BCUT2D eigenvalue weighted by atomic mass is 10.1. The van der Waals surface area contributed by atoms with Gasteiger partial charge in [0.1, 0.15) is 5.76 Å². The molecule has 1 aromatic heterocycles. The minimum absolute atomic E-state index is 0.0172. The van der Waals surface area contributed by atoms with Gasteiger partial charge in [-0.25, -0.2) is 4.79 Å². The van der Waals surface area contributed by atoms with Crippen LogP contribution in [-0.4, -0.2) is 23.4 Å². The molecule has 1 N–H and O–H groups in total. The van der Waals surface area contributed by atoms with E-state index in [1.54, 1.807) is 44.2 Å². The van der Waals surface area contributed by atoms with E-state index in [1.165, 1.54) is 24.3 Å². The number of benzene rings is 2. The third-order valence-corrected chi connectivity index (χ3v) is 4.08. The summed E-state index contributed by atoms with van der Waals surface area (Å²) in [5.41, 5.74) is 1.61. The summed E-state index contributed by atoms with van der Waals surface area (Å²) in [6.45, 7) is 3.70. The highest BCUT2D eigenvalue weighted by molar-refractivity contribution is 6.03. The largest absolute Gasteiger partial charge is 0.462 e. The summed E-state index contributed by atoms with van der Waals surface area (Å²) in [7, 11) is 0. The molecule has 0 bridgehead atoms. The van der Waals surface area contributed by atoms with Crippen LogP contribution in [-0.2, 0) is 4.74 Å². The molecule has 0 aliphatic heterocycles. The van der Waals surface area contributed by atoms with Gasteiger partial charge in [0.2, 0.25) is 0 Å². The van der Waals surface area contributed by atoms with Crippen molar-refractivity contribution >= 4 is 23.3 Å². The Hall–Kier alpha value is -3.94. The molecule has 8 heteroatoms. The van der Waals surface area contributed by atoms with E-state index in [0.717, 1.165) is 5.56 Å². The Morgan fingerprint density at radius 3 is 2.66 bits per heavy atom. The summed E-state index contributed by atoms with van der Waals surface area (Å²) in [5.74, 6) is -0.846. The van der Waals surface area contributed by atoms with Crippen LogP contribution in [0.1, 0.15) is 33.4 Å². The Balaban J connectivity index is 1.81. The molecule has 0 aliphatic rings. The van der Waals surface area contributed by atoms with Crippen LogP contribution in [0.4, 0.5) is 11.4 Å². The highest BCUT2D eigenvalue weighted by Gasteiger charge is 2.20. The highest BCUT2D eigenvalue weighted by Crippen LogP contribution is 2.32. The second kappa shape index (κ2) is 8.39. The molecule has 3 aromatic rings. The number of nitrogens with zero attached hydrogens (tertiary/aromatic N) is 1. The van der Waals surface area contributed by atoms with Crippen molar-refractivity contribution in [1.82, 2.24) is 0 Å². The Morgan fingerprint density at radius 1 is 1.14 bits per heavy atom. The predicted octanol–water partition coefficient (Wildman–Crippen LogP) is 4.59. The standard InChI is InChI=1S/C21H18N2O6/c1-3-28-21(25)14-5-4-6-15(12-14)22-20(24)19-10-9-18(29-19)16-8-7-13(2)11-17(16)23(26)27/h4-12H,3H2,1-2H3,(H,22,24). The summed E-state index contributed by atoms with van der Waals surface area (Å²) in [4.78, 5) is 35.1. The molecule has 0 aliphatic carbocycles. The summed E-state index contributed by atoms with van der Waals surface area (Å²) < 4.78 is 10.5. The smallest absolute Gasteiger partial charge is 0.338 e. The van der Waals surface area contributed by atoms with Crippen LogP contribution in [0.5, 0.6) is 0 Å². The summed E-state index contributed by atoms with van der Waals surface area (Å²) >= 11 is 0. The van der Waals surface area contributed by atoms with Gasteiger partial charge >= 0.3 is 5.97 Å². The lowest BCUT2D eigenvalue weighted by Crippen LogP contribution is -2.12. The first-order chi connectivity index (χ1) is 13.9. The normalized spacial score (nSPS) is 10.4. The maximum absolute atomic E-state index is 12.5. The van der Waals surface area contributed by atoms with Crippen LogP contribution < -0.4 is 5.32 Å². The maximum atomic E-state index is 12.5. The zero-order chi connectivity index (χ0) is 21.0. The number of nitrogens with one attached hydrogen (secondary N) is 1. The fourth-order valence-electron chi connectivity index (χ4n) is 2.74. The number of furan rings is 1. The van der Waals surface area contributed by atoms with Gasteiger partial charge in [0, 0.05) is 11.8 Å². The molecule has 29 heavy (non-hydrogen) atoms. The lowest BCUT2D eigenvalue weighted by Gasteiger charge is -2.06. The van der Waals surface area contributed by atoms with Gasteiger partial charge in [-0.2, -0.15) is 0 Å². The average Bonchev–Trinajstić information content (AvgIpc) is 3.18. The van der Waals surface area contributed by atoms with Crippen molar-refractivity contribution in [3.05, 3.63) is 81.6 Å². The average molecular weight is 394 g/mol. The number of nitro benzene ring substituents is 1. The number of nitro groups is 1. The number of hydrogen-bond acceptors (Lipinski definition) is 6. The zero-order valence-electron chi connectivity index (χ0n) is 15.8. The topological polar surface area (TPSA) is 112 Å². The quantitative estimate of drug-likeness (QED) is 0.372. The number of esters is 1. The number of hydrogen-bond donors (Lipinski definition) is 1. The third-order valence-electron chi connectivity index (χ3n) is 4.08. The first kappa shape index (κ1) is 19.8. The minimum Gasteiger partial charge on any atom is -0.462 e. The molecule has 2 aromatic carbocycles. The van der Waals surface area contributed by atoms with Gasteiger partial charge in [0.25, 0.3) is 11.6 Å². The first-order valence-electron chi connectivity index (χ1n) is 8.83. The Morgan fingerprint density at radius 2 is 1.93 bits per heavy atom. The summed E-state index contributed by atoms with van der Waals surface area (Å²) in [6, 6.07) is 14.0. The van der Waals surface area contributed by atoms with E-state index in [4.69, 9.17) is 9.15 Å².